The van der Waals surface area contributed by atoms with Crippen LogP contribution in [0.25, 0.3) is 0 Å². The van der Waals surface area contributed by atoms with Crippen LogP contribution in [0.1, 0.15) is 12.8 Å². The third kappa shape index (κ3) is 4.16. The van der Waals surface area contributed by atoms with Gasteiger partial charge in [-0.15, -0.1) is 0 Å². The maximum atomic E-state index is 11.8. The molecule has 6 nitrogen and oxygen atoms in total. The van der Waals surface area contributed by atoms with Crippen molar-refractivity contribution in [2.45, 2.75) is 17.7 Å². The van der Waals surface area contributed by atoms with E-state index in [4.69, 9.17) is 5.14 Å². The van der Waals surface area contributed by atoms with Gasteiger partial charge in [0.05, 0.1) is 16.3 Å². The number of nitrogens with one attached hydrogen (secondary N) is 1. The maximum Gasteiger partial charge on any atom is 0.238 e. The molecule has 0 spiro atoms. The van der Waals surface area contributed by atoms with Gasteiger partial charge in [-0.25, -0.2) is 22.0 Å². The first-order chi connectivity index (χ1) is 8.67. The van der Waals surface area contributed by atoms with Crippen molar-refractivity contribution in [3.05, 3.63) is 22.7 Å². The van der Waals surface area contributed by atoms with Gasteiger partial charge in [-0.1, -0.05) is 0 Å². The number of benzene rings is 1. The molecule has 1 aromatic rings. The summed E-state index contributed by atoms with van der Waals surface area (Å²) < 4.78 is 48.7. The van der Waals surface area contributed by atoms with Crippen molar-refractivity contribution in [2.75, 3.05) is 10.5 Å². The van der Waals surface area contributed by atoms with Crippen molar-refractivity contribution in [1.29, 1.82) is 0 Å². The van der Waals surface area contributed by atoms with Crippen molar-refractivity contribution < 1.29 is 16.8 Å². The molecule has 1 aliphatic carbocycles. The van der Waals surface area contributed by atoms with Crippen LogP contribution in [0.2, 0.25) is 0 Å². The third-order valence-corrected chi connectivity index (χ3v) is 5.69. The van der Waals surface area contributed by atoms with E-state index in [-0.39, 0.29) is 16.6 Å². The molecule has 0 amide bonds. The average Bonchev–Trinajstić information content (AvgIpc) is 3.02. The molecule has 0 radical (unpaired) electrons. The highest BCUT2D eigenvalue weighted by Gasteiger charge is 2.28. The molecular weight excluding hydrogens is 356 g/mol. The Balaban J connectivity index is 2.22. The molecule has 0 aliphatic heterocycles. The number of sulfonamides is 2. The Morgan fingerprint density at radius 3 is 2.37 bits per heavy atom. The van der Waals surface area contributed by atoms with Crippen LogP contribution in [0.3, 0.4) is 0 Å². The molecule has 0 saturated heterocycles. The van der Waals surface area contributed by atoms with E-state index in [9.17, 15) is 16.8 Å². The van der Waals surface area contributed by atoms with Gasteiger partial charge in [-0.3, -0.25) is 4.72 Å². The summed E-state index contributed by atoms with van der Waals surface area (Å²) in [6.45, 7) is 0. The van der Waals surface area contributed by atoms with Crippen molar-refractivity contribution in [3.8, 4) is 0 Å². The Morgan fingerprint density at radius 1 is 1.26 bits per heavy atom. The standard InChI is InChI=1S/C10H13BrN2O4S2/c11-9-5-8(19(12,16)17)3-4-10(9)13-18(14,15)6-7-1-2-7/h3-5,7,13H,1-2,6H2,(H2,12,16,17). The predicted octanol–water partition coefficient (Wildman–Crippen LogP) is 1.25. The summed E-state index contributed by atoms with van der Waals surface area (Å²) in [5, 5.41) is 4.99. The maximum absolute atomic E-state index is 11.8. The molecule has 3 N–H and O–H groups in total. The smallest absolute Gasteiger partial charge is 0.238 e. The fourth-order valence-corrected chi connectivity index (χ4v) is 4.41. The number of primary sulfonamides is 1. The molecule has 1 aliphatic rings. The van der Waals surface area contributed by atoms with Crippen LogP contribution in [0.5, 0.6) is 0 Å². The molecule has 1 saturated carbocycles. The minimum Gasteiger partial charge on any atom is -0.282 e. The zero-order chi connectivity index (χ0) is 14.3. The summed E-state index contributed by atoms with van der Waals surface area (Å²) in [6, 6.07) is 3.90. The fraction of sp³-hybridized carbons (Fsp3) is 0.400. The van der Waals surface area contributed by atoms with Gasteiger partial charge >= 0.3 is 0 Å². The summed E-state index contributed by atoms with van der Waals surface area (Å²) in [6.07, 6.45) is 1.87. The molecule has 2 rings (SSSR count). The van der Waals surface area contributed by atoms with Crippen LogP contribution in [0.4, 0.5) is 5.69 Å². The lowest BCUT2D eigenvalue weighted by Gasteiger charge is -2.10. The number of rotatable bonds is 5. The van der Waals surface area contributed by atoms with Gasteiger partial charge in [0.15, 0.2) is 0 Å². The molecule has 0 atom stereocenters. The van der Waals surface area contributed by atoms with Crippen molar-refractivity contribution in [3.63, 3.8) is 0 Å². The highest BCUT2D eigenvalue weighted by atomic mass is 79.9. The van der Waals surface area contributed by atoms with Gasteiger partial charge in [0, 0.05) is 4.47 Å². The molecule has 106 valence electrons. The van der Waals surface area contributed by atoms with Crippen LogP contribution in [0.15, 0.2) is 27.6 Å². The number of halogens is 1. The Labute approximate surface area is 120 Å². The van der Waals surface area contributed by atoms with Gasteiger partial charge in [-0.2, -0.15) is 0 Å². The molecule has 0 heterocycles. The summed E-state index contributed by atoms with van der Waals surface area (Å²) in [5.74, 6) is 0.330. The van der Waals surface area contributed by atoms with E-state index in [0.717, 1.165) is 12.8 Å². The van der Waals surface area contributed by atoms with E-state index in [1.165, 1.54) is 18.2 Å². The van der Waals surface area contributed by atoms with Crippen LogP contribution in [-0.4, -0.2) is 22.6 Å². The zero-order valence-corrected chi connectivity index (χ0v) is 13.1. The lowest BCUT2D eigenvalue weighted by Crippen LogP contribution is -2.18. The van der Waals surface area contributed by atoms with Gasteiger partial charge in [0.1, 0.15) is 0 Å². The third-order valence-electron chi connectivity index (χ3n) is 2.69. The van der Waals surface area contributed by atoms with Crippen LogP contribution in [0, 0.1) is 5.92 Å². The van der Waals surface area contributed by atoms with Crippen molar-refractivity contribution in [2.24, 2.45) is 11.1 Å². The highest BCUT2D eigenvalue weighted by molar-refractivity contribution is 9.10. The van der Waals surface area contributed by atoms with E-state index in [1.54, 1.807) is 0 Å². The SMILES string of the molecule is NS(=O)(=O)c1ccc(NS(=O)(=O)CC2CC2)c(Br)c1. The van der Waals surface area contributed by atoms with E-state index in [1.807, 2.05) is 0 Å². The van der Waals surface area contributed by atoms with E-state index in [2.05, 4.69) is 20.7 Å². The average molecular weight is 369 g/mol. The second-order valence-corrected chi connectivity index (χ2v) is 8.70. The molecule has 1 fully saturated rings. The van der Waals surface area contributed by atoms with Crippen LogP contribution in [-0.2, 0) is 20.0 Å². The number of hydrogen-bond acceptors (Lipinski definition) is 4. The minimum absolute atomic E-state index is 0.0792. The van der Waals surface area contributed by atoms with Crippen LogP contribution >= 0.6 is 15.9 Å². The number of anilines is 1. The largest absolute Gasteiger partial charge is 0.282 e. The van der Waals surface area contributed by atoms with E-state index >= 15 is 0 Å². The van der Waals surface area contributed by atoms with E-state index < -0.39 is 20.0 Å². The summed E-state index contributed by atoms with van der Waals surface area (Å²) in [4.78, 5) is -0.0792. The molecular formula is C10H13BrN2O4S2. The second-order valence-electron chi connectivity index (χ2n) is 4.51. The minimum atomic E-state index is -3.80. The first kappa shape index (κ1) is 14.8. The summed E-state index contributed by atoms with van der Waals surface area (Å²) in [7, 11) is -7.20. The molecule has 1 aromatic carbocycles. The Kier molecular flexibility index (Phi) is 3.92. The lowest BCUT2D eigenvalue weighted by molar-refractivity contribution is 0.596. The number of nitrogens with two attached hydrogens (primary N) is 1. The lowest BCUT2D eigenvalue weighted by atomic mass is 10.3. The Bertz CT molecular complexity index is 696. The van der Waals surface area contributed by atoms with Crippen molar-refractivity contribution >= 4 is 41.7 Å². The van der Waals surface area contributed by atoms with Gasteiger partial charge in [0.2, 0.25) is 20.0 Å². The molecule has 0 bridgehead atoms. The Morgan fingerprint density at radius 2 is 1.89 bits per heavy atom. The van der Waals surface area contributed by atoms with Crippen LogP contribution < -0.4 is 9.86 Å². The second kappa shape index (κ2) is 5.04. The van der Waals surface area contributed by atoms with E-state index in [0.29, 0.717) is 10.2 Å². The first-order valence-electron chi connectivity index (χ1n) is 5.50. The van der Waals surface area contributed by atoms with Gasteiger partial charge < -0.3 is 0 Å². The molecule has 0 unspecified atom stereocenters. The van der Waals surface area contributed by atoms with Crippen molar-refractivity contribution in [1.82, 2.24) is 0 Å². The topological polar surface area (TPSA) is 106 Å². The summed E-state index contributed by atoms with van der Waals surface area (Å²) >= 11 is 3.13. The first-order valence-corrected chi connectivity index (χ1v) is 9.49. The fourth-order valence-electron chi connectivity index (χ4n) is 1.56. The molecule has 0 aromatic heterocycles. The zero-order valence-electron chi connectivity index (χ0n) is 9.84. The highest BCUT2D eigenvalue weighted by Crippen LogP contribution is 2.32. The molecule has 19 heavy (non-hydrogen) atoms. The molecule has 9 heteroatoms. The predicted molar refractivity (Wildman–Crippen MR) is 75.6 cm³/mol. The normalized spacial score (nSPS) is 16.3. The number of hydrogen-bond donors (Lipinski definition) is 2. The van der Waals surface area contributed by atoms with Gasteiger partial charge in [-0.05, 0) is 52.9 Å². The Hall–Kier alpha value is -0.640. The van der Waals surface area contributed by atoms with Gasteiger partial charge in [0.25, 0.3) is 0 Å². The summed E-state index contributed by atoms with van der Waals surface area (Å²) in [5.41, 5.74) is 0.299. The quantitative estimate of drug-likeness (QED) is 0.815. The monoisotopic (exact) mass is 368 g/mol.